The summed E-state index contributed by atoms with van der Waals surface area (Å²) in [4.78, 5) is 11.9. The number of urea groups is 1. The number of ether oxygens (including phenoxy) is 1. The van der Waals surface area contributed by atoms with E-state index in [-0.39, 0.29) is 6.03 Å². The van der Waals surface area contributed by atoms with Gasteiger partial charge in [-0.3, -0.25) is 0 Å². The molecule has 1 aromatic rings. The number of benzene rings is 1. The first kappa shape index (κ1) is 16.3. The summed E-state index contributed by atoms with van der Waals surface area (Å²) in [6.45, 7) is 2.06. The number of carbonyl (C=O) groups excluding carboxylic acids is 1. The molecule has 2 saturated carbocycles. The highest BCUT2D eigenvalue weighted by Gasteiger charge is 2.23. The Labute approximate surface area is 139 Å². The zero-order chi connectivity index (χ0) is 15.9. The van der Waals surface area contributed by atoms with Crippen LogP contribution in [0.2, 0.25) is 0 Å². The zero-order valence-corrected chi connectivity index (χ0v) is 13.8. The maximum absolute atomic E-state index is 11.9. The zero-order valence-electron chi connectivity index (χ0n) is 13.8. The molecule has 2 fully saturated rings. The van der Waals surface area contributed by atoms with Crippen molar-refractivity contribution in [1.29, 1.82) is 0 Å². The largest absolute Gasteiger partial charge is 0.379 e. The van der Waals surface area contributed by atoms with E-state index in [1.807, 2.05) is 0 Å². The summed E-state index contributed by atoms with van der Waals surface area (Å²) in [5.74, 6) is 1.43. The van der Waals surface area contributed by atoms with E-state index in [1.54, 1.807) is 0 Å². The second-order valence-electron chi connectivity index (χ2n) is 6.88. The van der Waals surface area contributed by atoms with Gasteiger partial charge in [0.05, 0.1) is 6.61 Å². The minimum Gasteiger partial charge on any atom is -0.379 e. The van der Waals surface area contributed by atoms with Gasteiger partial charge >= 0.3 is 6.03 Å². The summed E-state index contributed by atoms with van der Waals surface area (Å²) >= 11 is 0. The Morgan fingerprint density at radius 1 is 1.04 bits per heavy atom. The molecule has 126 valence electrons. The predicted molar refractivity (Wildman–Crippen MR) is 91.5 cm³/mol. The standard InChI is InChI=1S/C19H28N2O2/c22-19(20-12-13-23-14-15-6-7-15)21-18-10-8-17(9-11-18)16-4-2-1-3-5-16/h1-5,15,17-18H,6-14H2,(H2,20,21,22). The third-order valence-electron chi connectivity index (χ3n) is 4.92. The molecule has 2 aliphatic rings. The normalized spacial score (nSPS) is 24.2. The van der Waals surface area contributed by atoms with E-state index in [1.165, 1.54) is 18.4 Å². The van der Waals surface area contributed by atoms with Gasteiger partial charge in [-0.25, -0.2) is 4.79 Å². The summed E-state index contributed by atoms with van der Waals surface area (Å²) in [7, 11) is 0. The van der Waals surface area contributed by atoms with Gasteiger partial charge in [-0.1, -0.05) is 30.3 Å². The Bertz CT molecular complexity index is 479. The fourth-order valence-electron chi connectivity index (χ4n) is 3.30. The molecule has 2 aliphatic carbocycles. The second kappa shape index (κ2) is 8.34. The van der Waals surface area contributed by atoms with Crippen molar-refractivity contribution < 1.29 is 9.53 Å². The van der Waals surface area contributed by atoms with Crippen LogP contribution in [0.4, 0.5) is 4.79 Å². The topological polar surface area (TPSA) is 50.4 Å². The van der Waals surface area contributed by atoms with Crippen LogP contribution in [0.5, 0.6) is 0 Å². The quantitative estimate of drug-likeness (QED) is 0.757. The first-order valence-electron chi connectivity index (χ1n) is 8.98. The molecule has 0 bridgehead atoms. The van der Waals surface area contributed by atoms with Gasteiger partial charge in [0.25, 0.3) is 0 Å². The number of nitrogens with one attached hydrogen (secondary N) is 2. The molecule has 2 N–H and O–H groups in total. The molecule has 0 unspecified atom stereocenters. The Hall–Kier alpha value is -1.55. The van der Waals surface area contributed by atoms with Gasteiger partial charge in [0, 0.05) is 19.2 Å². The van der Waals surface area contributed by atoms with Crippen LogP contribution >= 0.6 is 0 Å². The molecule has 0 aromatic heterocycles. The SMILES string of the molecule is O=C(NCCOCC1CC1)NC1CCC(c2ccccc2)CC1. The van der Waals surface area contributed by atoms with Gasteiger partial charge < -0.3 is 15.4 Å². The van der Waals surface area contributed by atoms with Crippen molar-refractivity contribution in [2.45, 2.75) is 50.5 Å². The number of hydrogen-bond donors (Lipinski definition) is 2. The van der Waals surface area contributed by atoms with Crippen molar-refractivity contribution in [3.63, 3.8) is 0 Å². The van der Waals surface area contributed by atoms with Crippen molar-refractivity contribution in [3.8, 4) is 0 Å². The lowest BCUT2D eigenvalue weighted by atomic mass is 9.82. The first-order valence-corrected chi connectivity index (χ1v) is 8.98. The van der Waals surface area contributed by atoms with E-state index in [9.17, 15) is 4.79 Å². The van der Waals surface area contributed by atoms with Crippen LogP contribution in [0.3, 0.4) is 0 Å². The van der Waals surface area contributed by atoms with Crippen LogP contribution in [-0.4, -0.2) is 31.8 Å². The van der Waals surface area contributed by atoms with Crippen LogP contribution in [-0.2, 0) is 4.74 Å². The molecule has 0 aliphatic heterocycles. The van der Waals surface area contributed by atoms with Crippen molar-refractivity contribution in [1.82, 2.24) is 10.6 Å². The van der Waals surface area contributed by atoms with Crippen molar-refractivity contribution >= 4 is 6.03 Å². The molecule has 0 atom stereocenters. The van der Waals surface area contributed by atoms with E-state index in [2.05, 4.69) is 41.0 Å². The Morgan fingerprint density at radius 3 is 2.48 bits per heavy atom. The average Bonchev–Trinajstić information content (AvgIpc) is 3.40. The van der Waals surface area contributed by atoms with Crippen LogP contribution in [0.1, 0.15) is 50.0 Å². The fourth-order valence-corrected chi connectivity index (χ4v) is 3.30. The van der Waals surface area contributed by atoms with Gasteiger partial charge in [-0.05, 0) is 55.9 Å². The van der Waals surface area contributed by atoms with E-state index in [0.29, 0.717) is 25.1 Å². The predicted octanol–water partition coefficient (Wildman–Crippen LogP) is 3.44. The molecule has 2 amide bonds. The smallest absolute Gasteiger partial charge is 0.315 e. The molecule has 4 heteroatoms. The van der Waals surface area contributed by atoms with Crippen molar-refractivity contribution in [3.05, 3.63) is 35.9 Å². The van der Waals surface area contributed by atoms with Crippen LogP contribution in [0.25, 0.3) is 0 Å². The highest BCUT2D eigenvalue weighted by Crippen LogP contribution is 2.32. The molecule has 0 heterocycles. The molecular formula is C19H28N2O2. The molecule has 0 spiro atoms. The minimum absolute atomic E-state index is 0.0526. The maximum Gasteiger partial charge on any atom is 0.315 e. The Morgan fingerprint density at radius 2 is 1.78 bits per heavy atom. The maximum atomic E-state index is 11.9. The number of carbonyl (C=O) groups is 1. The number of rotatable bonds is 7. The molecule has 23 heavy (non-hydrogen) atoms. The number of amides is 2. The molecule has 0 saturated heterocycles. The summed E-state index contributed by atoms with van der Waals surface area (Å²) in [5, 5.41) is 5.99. The first-order chi connectivity index (χ1) is 11.3. The van der Waals surface area contributed by atoms with E-state index in [4.69, 9.17) is 4.74 Å². The van der Waals surface area contributed by atoms with Gasteiger partial charge in [-0.15, -0.1) is 0 Å². The van der Waals surface area contributed by atoms with E-state index >= 15 is 0 Å². The van der Waals surface area contributed by atoms with E-state index in [0.717, 1.165) is 38.2 Å². The third-order valence-corrected chi connectivity index (χ3v) is 4.92. The summed E-state index contributed by atoms with van der Waals surface area (Å²) in [5.41, 5.74) is 1.43. The Kier molecular flexibility index (Phi) is 5.92. The molecule has 0 radical (unpaired) electrons. The monoisotopic (exact) mass is 316 g/mol. The molecule has 4 nitrogen and oxygen atoms in total. The molecule has 3 rings (SSSR count). The fraction of sp³-hybridized carbons (Fsp3) is 0.632. The lowest BCUT2D eigenvalue weighted by molar-refractivity contribution is 0.126. The highest BCUT2D eigenvalue weighted by atomic mass is 16.5. The average molecular weight is 316 g/mol. The number of hydrogen-bond acceptors (Lipinski definition) is 2. The van der Waals surface area contributed by atoms with Crippen LogP contribution in [0, 0.1) is 5.92 Å². The second-order valence-corrected chi connectivity index (χ2v) is 6.88. The lowest BCUT2D eigenvalue weighted by Gasteiger charge is -2.29. The van der Waals surface area contributed by atoms with Gasteiger partial charge in [0.1, 0.15) is 0 Å². The third kappa shape index (κ3) is 5.54. The summed E-state index contributed by atoms with van der Waals surface area (Å²) in [6, 6.07) is 11.0. The van der Waals surface area contributed by atoms with Gasteiger partial charge in [0.2, 0.25) is 0 Å². The molecular weight excluding hydrogens is 288 g/mol. The van der Waals surface area contributed by atoms with E-state index < -0.39 is 0 Å². The minimum atomic E-state index is -0.0526. The summed E-state index contributed by atoms with van der Waals surface area (Å²) in [6.07, 6.45) is 7.04. The van der Waals surface area contributed by atoms with Gasteiger partial charge in [0.15, 0.2) is 0 Å². The highest BCUT2D eigenvalue weighted by molar-refractivity contribution is 5.74. The van der Waals surface area contributed by atoms with Crippen LogP contribution < -0.4 is 10.6 Å². The summed E-state index contributed by atoms with van der Waals surface area (Å²) < 4.78 is 5.52. The lowest BCUT2D eigenvalue weighted by Crippen LogP contribution is -2.44. The van der Waals surface area contributed by atoms with Gasteiger partial charge in [-0.2, -0.15) is 0 Å². The van der Waals surface area contributed by atoms with Crippen molar-refractivity contribution in [2.75, 3.05) is 19.8 Å². The molecule has 1 aromatic carbocycles. The van der Waals surface area contributed by atoms with Crippen molar-refractivity contribution in [2.24, 2.45) is 5.92 Å². The van der Waals surface area contributed by atoms with Crippen LogP contribution in [0.15, 0.2) is 30.3 Å². The Balaban J connectivity index is 1.28.